The van der Waals surface area contributed by atoms with Gasteiger partial charge >= 0.3 is 5.97 Å². The zero-order valence-corrected chi connectivity index (χ0v) is 12.4. The van der Waals surface area contributed by atoms with Crippen molar-refractivity contribution in [3.05, 3.63) is 35.4 Å². The molecular formula is C16H15N3O3. The Labute approximate surface area is 128 Å². The molecule has 1 amide bonds. The molecule has 2 atom stereocenters. The molecule has 2 rings (SSSR count). The maximum absolute atomic E-state index is 12.5. The van der Waals surface area contributed by atoms with Crippen LogP contribution in [-0.2, 0) is 15.1 Å². The molecule has 6 heteroatoms. The molecule has 0 saturated carbocycles. The number of esters is 1. The molecule has 0 saturated heterocycles. The lowest BCUT2D eigenvalue weighted by Gasteiger charge is -2.34. The number of carbonyl (C=O) groups is 2. The Balaban J connectivity index is 2.70. The SMILES string of the molecule is CCOC(=O)C(C#N)C1(C#N)c2ccccc2C(=O)N1CC. The minimum absolute atomic E-state index is 0.0975. The highest BCUT2D eigenvalue weighted by Crippen LogP contribution is 2.44. The predicted molar refractivity (Wildman–Crippen MR) is 76.2 cm³/mol. The molecule has 0 aliphatic carbocycles. The van der Waals surface area contributed by atoms with Crippen molar-refractivity contribution < 1.29 is 14.3 Å². The first-order chi connectivity index (χ1) is 10.6. The van der Waals surface area contributed by atoms with E-state index in [1.54, 1.807) is 38.1 Å². The van der Waals surface area contributed by atoms with Gasteiger partial charge in [0.1, 0.15) is 0 Å². The van der Waals surface area contributed by atoms with Crippen LogP contribution in [-0.4, -0.2) is 29.9 Å². The fourth-order valence-electron chi connectivity index (χ4n) is 2.88. The standard InChI is InChI=1S/C16H15N3O3/c1-3-19-14(20)11-7-5-6-8-12(11)16(19,10-18)13(9-17)15(21)22-4-2/h5-8,13H,3-4H2,1-2H3. The Morgan fingerprint density at radius 1 is 1.36 bits per heavy atom. The van der Waals surface area contributed by atoms with Gasteiger partial charge in [-0.2, -0.15) is 10.5 Å². The maximum atomic E-state index is 12.5. The molecule has 112 valence electrons. The third-order valence-electron chi connectivity index (χ3n) is 3.79. The van der Waals surface area contributed by atoms with Crippen molar-refractivity contribution in [3.63, 3.8) is 0 Å². The largest absolute Gasteiger partial charge is 0.465 e. The summed E-state index contributed by atoms with van der Waals surface area (Å²) in [5.74, 6) is -2.55. The number of hydrogen-bond acceptors (Lipinski definition) is 5. The number of nitrogens with zero attached hydrogens (tertiary/aromatic N) is 3. The van der Waals surface area contributed by atoms with Crippen molar-refractivity contribution in [2.45, 2.75) is 19.4 Å². The highest BCUT2D eigenvalue weighted by Gasteiger charge is 2.58. The zero-order valence-electron chi connectivity index (χ0n) is 12.4. The van der Waals surface area contributed by atoms with Crippen molar-refractivity contribution >= 4 is 11.9 Å². The van der Waals surface area contributed by atoms with E-state index in [1.807, 2.05) is 12.1 Å². The monoisotopic (exact) mass is 297 g/mol. The highest BCUT2D eigenvalue weighted by atomic mass is 16.5. The van der Waals surface area contributed by atoms with E-state index in [9.17, 15) is 20.1 Å². The minimum atomic E-state index is -1.65. The van der Waals surface area contributed by atoms with Gasteiger partial charge in [0, 0.05) is 17.7 Å². The highest BCUT2D eigenvalue weighted by molar-refractivity contribution is 6.02. The van der Waals surface area contributed by atoms with E-state index in [-0.39, 0.29) is 19.1 Å². The summed E-state index contributed by atoms with van der Waals surface area (Å²) in [5, 5.41) is 19.3. The van der Waals surface area contributed by atoms with Crippen LogP contribution in [0.2, 0.25) is 0 Å². The quantitative estimate of drug-likeness (QED) is 0.786. The second kappa shape index (κ2) is 5.87. The van der Waals surface area contributed by atoms with Crippen molar-refractivity contribution in [2.24, 2.45) is 5.92 Å². The van der Waals surface area contributed by atoms with Crippen LogP contribution in [0.1, 0.15) is 29.8 Å². The Hall–Kier alpha value is -2.86. The topological polar surface area (TPSA) is 94.2 Å². The molecule has 2 unspecified atom stereocenters. The van der Waals surface area contributed by atoms with E-state index in [0.717, 1.165) is 0 Å². The van der Waals surface area contributed by atoms with E-state index in [4.69, 9.17) is 4.74 Å². The molecular weight excluding hydrogens is 282 g/mol. The lowest BCUT2D eigenvalue weighted by molar-refractivity contribution is -0.149. The smallest absolute Gasteiger partial charge is 0.327 e. The fraction of sp³-hybridized carbons (Fsp3) is 0.375. The van der Waals surface area contributed by atoms with Gasteiger partial charge in [0.25, 0.3) is 5.91 Å². The summed E-state index contributed by atoms with van der Waals surface area (Å²) in [4.78, 5) is 26.0. The molecule has 1 aliphatic heterocycles. The lowest BCUT2D eigenvalue weighted by atomic mass is 9.79. The van der Waals surface area contributed by atoms with Crippen molar-refractivity contribution in [3.8, 4) is 12.1 Å². The van der Waals surface area contributed by atoms with E-state index < -0.39 is 17.4 Å². The Kier molecular flexibility index (Phi) is 4.14. The van der Waals surface area contributed by atoms with Crippen LogP contribution in [0.3, 0.4) is 0 Å². The summed E-state index contributed by atoms with van der Waals surface area (Å²) in [5.41, 5.74) is -0.928. The lowest BCUT2D eigenvalue weighted by Crippen LogP contribution is -2.50. The van der Waals surface area contributed by atoms with Crippen molar-refractivity contribution in [1.29, 1.82) is 10.5 Å². The second-order valence-electron chi connectivity index (χ2n) is 4.79. The summed E-state index contributed by atoms with van der Waals surface area (Å²) in [6.07, 6.45) is 0. The number of hydrogen-bond donors (Lipinski definition) is 0. The molecule has 6 nitrogen and oxygen atoms in total. The van der Waals surface area contributed by atoms with Gasteiger partial charge in [0.2, 0.25) is 0 Å². The predicted octanol–water partition coefficient (Wildman–Crippen LogP) is 1.58. The van der Waals surface area contributed by atoms with Gasteiger partial charge in [0.05, 0.1) is 18.7 Å². The van der Waals surface area contributed by atoms with E-state index in [1.165, 1.54) is 4.90 Å². The molecule has 0 bridgehead atoms. The fourth-order valence-corrected chi connectivity index (χ4v) is 2.88. The molecule has 0 fully saturated rings. The van der Waals surface area contributed by atoms with Crippen LogP contribution in [0.4, 0.5) is 0 Å². The van der Waals surface area contributed by atoms with Gasteiger partial charge in [-0.25, -0.2) is 0 Å². The molecule has 1 aromatic rings. The van der Waals surface area contributed by atoms with Crippen LogP contribution in [0.25, 0.3) is 0 Å². The first-order valence-corrected chi connectivity index (χ1v) is 6.97. The van der Waals surface area contributed by atoms with Crippen LogP contribution < -0.4 is 0 Å². The Bertz CT molecular complexity index is 701. The van der Waals surface area contributed by atoms with E-state index >= 15 is 0 Å². The minimum Gasteiger partial charge on any atom is -0.465 e. The molecule has 0 aromatic heterocycles. The van der Waals surface area contributed by atoms with Crippen LogP contribution in [0.15, 0.2) is 24.3 Å². The average molecular weight is 297 g/mol. The summed E-state index contributed by atoms with van der Waals surface area (Å²) < 4.78 is 4.93. The Morgan fingerprint density at radius 2 is 2.05 bits per heavy atom. The second-order valence-corrected chi connectivity index (χ2v) is 4.79. The van der Waals surface area contributed by atoms with Crippen LogP contribution in [0, 0.1) is 28.6 Å². The van der Waals surface area contributed by atoms with Gasteiger partial charge < -0.3 is 9.64 Å². The van der Waals surface area contributed by atoms with Crippen molar-refractivity contribution in [1.82, 2.24) is 4.90 Å². The number of rotatable bonds is 4. The number of ether oxygens (including phenoxy) is 1. The number of nitriles is 2. The van der Waals surface area contributed by atoms with E-state index in [0.29, 0.717) is 11.1 Å². The molecule has 1 aliphatic rings. The van der Waals surface area contributed by atoms with Crippen molar-refractivity contribution in [2.75, 3.05) is 13.2 Å². The number of benzene rings is 1. The molecule has 22 heavy (non-hydrogen) atoms. The van der Waals surface area contributed by atoms with Gasteiger partial charge in [-0.3, -0.25) is 9.59 Å². The Morgan fingerprint density at radius 3 is 2.59 bits per heavy atom. The number of carbonyl (C=O) groups excluding carboxylic acids is 2. The molecule has 0 N–H and O–H groups in total. The van der Waals surface area contributed by atoms with Crippen LogP contribution >= 0.6 is 0 Å². The molecule has 0 spiro atoms. The third-order valence-corrected chi connectivity index (χ3v) is 3.79. The molecule has 0 radical (unpaired) electrons. The van der Waals surface area contributed by atoms with Gasteiger partial charge in [-0.15, -0.1) is 0 Å². The molecule has 1 heterocycles. The average Bonchev–Trinajstić information content (AvgIpc) is 2.78. The summed E-state index contributed by atoms with van der Waals surface area (Å²) in [6.45, 7) is 3.63. The van der Waals surface area contributed by atoms with E-state index in [2.05, 4.69) is 0 Å². The summed E-state index contributed by atoms with van der Waals surface area (Å²) in [7, 11) is 0. The normalized spacial score (nSPS) is 20.7. The summed E-state index contributed by atoms with van der Waals surface area (Å²) in [6, 6.07) is 10.5. The van der Waals surface area contributed by atoms with Gasteiger partial charge in [0.15, 0.2) is 11.5 Å². The first-order valence-electron chi connectivity index (χ1n) is 6.97. The summed E-state index contributed by atoms with van der Waals surface area (Å²) >= 11 is 0. The van der Waals surface area contributed by atoms with Crippen LogP contribution in [0.5, 0.6) is 0 Å². The zero-order chi connectivity index (χ0) is 16.3. The first kappa shape index (κ1) is 15.5. The number of fused-ring (bicyclic) bond motifs is 1. The van der Waals surface area contributed by atoms with Gasteiger partial charge in [-0.05, 0) is 19.9 Å². The number of amides is 1. The third kappa shape index (κ3) is 1.93. The molecule has 1 aromatic carbocycles. The van der Waals surface area contributed by atoms with Gasteiger partial charge in [-0.1, -0.05) is 18.2 Å². The maximum Gasteiger partial charge on any atom is 0.327 e.